The second kappa shape index (κ2) is 12.1. The number of aryl methyl sites for hydroxylation is 1. The van der Waals surface area contributed by atoms with Crippen LogP contribution in [-0.2, 0) is 33.6 Å². The fraction of sp³-hybridized carbons (Fsp3) is 0.278. The number of anilines is 4. The first-order valence-electron chi connectivity index (χ1n) is 15.6. The van der Waals surface area contributed by atoms with Gasteiger partial charge in [-0.2, -0.15) is 5.10 Å². The quantitative estimate of drug-likeness (QED) is 0.232. The van der Waals surface area contributed by atoms with E-state index in [0.717, 1.165) is 73.2 Å². The molecule has 228 valence electrons. The molecule has 1 aliphatic carbocycles. The first-order valence-corrected chi connectivity index (χ1v) is 15.6. The van der Waals surface area contributed by atoms with E-state index in [-0.39, 0.29) is 18.0 Å². The standard InChI is InChI=1S/C36H35N5O4/c1-45-33-20-11-19-30-26(33)15-9-10-21-39(30)34(42)23-40-31-17-7-8-18-32(31)41(24-12-3-2-4-13-24)36(44)27(35(40)43)22-29-25-14-5-6-16-28(25)37-38-29/h2-4,7-8,11-13,17-20,22H,5-6,9-10,14-16,21,23H2,1H3,(H,37,38). The van der Waals surface area contributed by atoms with E-state index in [4.69, 9.17) is 4.74 Å². The van der Waals surface area contributed by atoms with Crippen molar-refractivity contribution < 1.29 is 19.1 Å². The van der Waals surface area contributed by atoms with Crippen molar-refractivity contribution in [3.8, 4) is 5.75 Å². The van der Waals surface area contributed by atoms with E-state index in [1.54, 1.807) is 29.1 Å². The SMILES string of the molecule is COc1cccc2c1CCCCN2C(=O)CN1C(=O)C(=Cc2n[nH]c3c2CCCC3)C(=O)N(c2ccccc2)c2ccccc21. The Kier molecular flexibility index (Phi) is 7.67. The number of carbonyl (C=O) groups is 3. The van der Waals surface area contributed by atoms with Gasteiger partial charge in [-0.25, -0.2) is 0 Å². The topological polar surface area (TPSA) is 98.8 Å². The molecule has 3 aliphatic rings. The van der Waals surface area contributed by atoms with Crippen LogP contribution in [0.25, 0.3) is 6.08 Å². The molecule has 0 radical (unpaired) electrons. The minimum Gasteiger partial charge on any atom is -0.496 e. The highest BCUT2D eigenvalue weighted by Crippen LogP contribution is 2.40. The van der Waals surface area contributed by atoms with Gasteiger partial charge in [0.2, 0.25) is 5.91 Å². The molecule has 0 bridgehead atoms. The molecule has 1 aromatic heterocycles. The van der Waals surface area contributed by atoms with Crippen LogP contribution in [-0.4, -0.2) is 48.1 Å². The maximum Gasteiger partial charge on any atom is 0.268 e. The Hall–Kier alpha value is -5.18. The molecular formula is C36H35N5O4. The van der Waals surface area contributed by atoms with Crippen LogP contribution < -0.4 is 19.4 Å². The van der Waals surface area contributed by atoms with Gasteiger partial charge in [-0.1, -0.05) is 36.4 Å². The number of hydrogen-bond donors (Lipinski definition) is 1. The van der Waals surface area contributed by atoms with Crippen LogP contribution in [0.5, 0.6) is 5.75 Å². The smallest absolute Gasteiger partial charge is 0.268 e. The zero-order valence-corrected chi connectivity index (χ0v) is 25.3. The van der Waals surface area contributed by atoms with E-state index in [1.165, 1.54) is 4.90 Å². The number of benzene rings is 3. The Labute approximate surface area is 262 Å². The maximum atomic E-state index is 14.6. The number of nitrogens with zero attached hydrogens (tertiary/aromatic N) is 4. The summed E-state index contributed by atoms with van der Waals surface area (Å²) in [7, 11) is 1.64. The van der Waals surface area contributed by atoms with Gasteiger partial charge in [0, 0.05) is 29.1 Å². The van der Waals surface area contributed by atoms with Crippen molar-refractivity contribution in [2.75, 3.05) is 34.9 Å². The molecule has 3 aromatic carbocycles. The number of rotatable bonds is 5. The van der Waals surface area contributed by atoms with Crippen LogP contribution in [0.1, 0.15) is 48.2 Å². The first-order chi connectivity index (χ1) is 22.0. The van der Waals surface area contributed by atoms with Crippen molar-refractivity contribution in [3.05, 3.63) is 101 Å². The van der Waals surface area contributed by atoms with Crippen LogP contribution >= 0.6 is 0 Å². The Morgan fingerprint density at radius 1 is 0.822 bits per heavy atom. The Balaban J connectivity index is 1.34. The van der Waals surface area contributed by atoms with E-state index in [1.807, 2.05) is 66.7 Å². The predicted molar refractivity (Wildman–Crippen MR) is 174 cm³/mol. The highest BCUT2D eigenvalue weighted by molar-refractivity contribution is 6.35. The van der Waals surface area contributed by atoms with Crippen LogP contribution in [0.3, 0.4) is 0 Å². The summed E-state index contributed by atoms with van der Waals surface area (Å²) < 4.78 is 5.63. The average Bonchev–Trinajstić information content (AvgIpc) is 3.31. The lowest BCUT2D eigenvalue weighted by Crippen LogP contribution is -2.44. The molecule has 7 rings (SSSR count). The molecule has 0 saturated heterocycles. The summed E-state index contributed by atoms with van der Waals surface area (Å²) in [5.74, 6) is -0.481. The molecule has 3 heterocycles. The van der Waals surface area contributed by atoms with Gasteiger partial charge in [-0.15, -0.1) is 0 Å². The third-order valence-corrected chi connectivity index (χ3v) is 8.98. The van der Waals surface area contributed by atoms with Crippen molar-refractivity contribution >= 4 is 46.5 Å². The normalized spacial score (nSPS) is 17.4. The number of aromatic nitrogens is 2. The largest absolute Gasteiger partial charge is 0.496 e. The third kappa shape index (κ3) is 5.18. The molecule has 0 spiro atoms. The number of para-hydroxylation sites is 3. The van der Waals surface area contributed by atoms with Crippen molar-refractivity contribution in [1.82, 2.24) is 10.2 Å². The molecule has 45 heavy (non-hydrogen) atoms. The van der Waals surface area contributed by atoms with Gasteiger partial charge < -0.3 is 9.64 Å². The van der Waals surface area contributed by atoms with Crippen molar-refractivity contribution in [2.45, 2.75) is 44.9 Å². The van der Waals surface area contributed by atoms with E-state index in [0.29, 0.717) is 29.3 Å². The zero-order chi connectivity index (χ0) is 30.9. The Morgan fingerprint density at radius 3 is 2.36 bits per heavy atom. The number of hydrogen-bond acceptors (Lipinski definition) is 5. The van der Waals surface area contributed by atoms with E-state index in [2.05, 4.69) is 10.2 Å². The summed E-state index contributed by atoms with van der Waals surface area (Å²) in [6.45, 7) is 0.290. The second-order valence-electron chi connectivity index (χ2n) is 11.6. The van der Waals surface area contributed by atoms with Gasteiger partial charge >= 0.3 is 0 Å². The monoisotopic (exact) mass is 601 g/mol. The van der Waals surface area contributed by atoms with Gasteiger partial charge in [-0.05, 0) is 87.4 Å². The molecule has 9 nitrogen and oxygen atoms in total. The van der Waals surface area contributed by atoms with E-state index < -0.39 is 11.8 Å². The van der Waals surface area contributed by atoms with Gasteiger partial charge in [0.15, 0.2) is 0 Å². The van der Waals surface area contributed by atoms with Gasteiger partial charge in [0.1, 0.15) is 17.9 Å². The Morgan fingerprint density at radius 2 is 1.53 bits per heavy atom. The third-order valence-electron chi connectivity index (χ3n) is 8.98. The molecule has 0 atom stereocenters. The highest BCUT2D eigenvalue weighted by atomic mass is 16.5. The van der Waals surface area contributed by atoms with Crippen LogP contribution in [0.15, 0.2) is 78.4 Å². The molecule has 0 fully saturated rings. The lowest BCUT2D eigenvalue weighted by molar-refractivity contribution is -0.123. The number of fused-ring (bicyclic) bond motifs is 3. The zero-order valence-electron chi connectivity index (χ0n) is 25.3. The number of aromatic amines is 1. The minimum atomic E-state index is -0.535. The van der Waals surface area contributed by atoms with Gasteiger partial charge in [0.25, 0.3) is 11.8 Å². The maximum absolute atomic E-state index is 14.6. The van der Waals surface area contributed by atoms with Crippen molar-refractivity contribution in [1.29, 1.82) is 0 Å². The number of methoxy groups -OCH3 is 1. The molecule has 0 unspecified atom stereocenters. The number of H-pyrrole nitrogens is 1. The van der Waals surface area contributed by atoms with E-state index in [9.17, 15) is 14.4 Å². The average molecular weight is 602 g/mol. The summed E-state index contributed by atoms with van der Waals surface area (Å²) in [6.07, 6.45) is 7.96. The molecule has 2 aliphatic heterocycles. The molecule has 1 N–H and O–H groups in total. The molecule has 9 heteroatoms. The van der Waals surface area contributed by atoms with Gasteiger partial charge in [-0.3, -0.25) is 29.3 Å². The van der Waals surface area contributed by atoms with Crippen LogP contribution in [0.4, 0.5) is 22.7 Å². The molecule has 3 amide bonds. The molecular weight excluding hydrogens is 566 g/mol. The fourth-order valence-corrected chi connectivity index (χ4v) is 6.76. The summed E-state index contributed by atoms with van der Waals surface area (Å²) in [5, 5.41) is 7.64. The molecule has 0 saturated carbocycles. The fourth-order valence-electron chi connectivity index (χ4n) is 6.76. The van der Waals surface area contributed by atoms with Crippen LogP contribution in [0, 0.1) is 0 Å². The lowest BCUT2D eigenvalue weighted by atomic mass is 9.95. The predicted octanol–water partition coefficient (Wildman–Crippen LogP) is 5.76. The van der Waals surface area contributed by atoms with Crippen LogP contribution in [0.2, 0.25) is 0 Å². The lowest BCUT2D eigenvalue weighted by Gasteiger charge is -2.28. The number of ether oxygens (including phenoxy) is 1. The summed E-state index contributed by atoms with van der Waals surface area (Å²) in [4.78, 5) is 48.1. The minimum absolute atomic E-state index is 0.0411. The summed E-state index contributed by atoms with van der Waals surface area (Å²) in [6, 6.07) is 22.3. The number of carbonyl (C=O) groups excluding carboxylic acids is 3. The van der Waals surface area contributed by atoms with Gasteiger partial charge in [0.05, 0.1) is 29.9 Å². The van der Waals surface area contributed by atoms with Crippen molar-refractivity contribution in [3.63, 3.8) is 0 Å². The summed E-state index contributed by atoms with van der Waals surface area (Å²) in [5.41, 5.74) is 6.07. The van der Waals surface area contributed by atoms with E-state index >= 15 is 0 Å². The Bertz CT molecular complexity index is 1810. The van der Waals surface area contributed by atoms with Crippen molar-refractivity contribution in [2.24, 2.45) is 0 Å². The number of amides is 3. The first kappa shape index (κ1) is 28.6. The highest BCUT2D eigenvalue weighted by Gasteiger charge is 2.39. The second-order valence-corrected chi connectivity index (χ2v) is 11.6. The number of nitrogens with one attached hydrogen (secondary N) is 1. The molecule has 4 aromatic rings. The summed E-state index contributed by atoms with van der Waals surface area (Å²) >= 11 is 0.